The van der Waals surface area contributed by atoms with Crippen molar-refractivity contribution in [1.82, 2.24) is 4.90 Å². The monoisotopic (exact) mass is 940 g/mol. The number of fused-ring (bicyclic) bond motifs is 3. The van der Waals surface area contributed by atoms with Crippen molar-refractivity contribution >= 4 is 23.4 Å². The van der Waals surface area contributed by atoms with Crippen LogP contribution in [0.5, 0.6) is 5.75 Å². The van der Waals surface area contributed by atoms with Gasteiger partial charge >= 0.3 is 5.97 Å². The molecule has 2 N–H and O–H groups in total. The number of nitrogens with zero attached hydrogens (tertiary/aromatic N) is 1. The topological polar surface area (TPSA) is 186 Å². The highest BCUT2D eigenvalue weighted by Gasteiger charge is 2.56. The maximum Gasteiger partial charge on any atom is 0.329 e. The van der Waals surface area contributed by atoms with E-state index in [1.54, 1.807) is 21.0 Å². The first-order chi connectivity index (χ1) is 32.0. The molecule has 14 atom stereocenters. The van der Waals surface area contributed by atoms with Crippen molar-refractivity contribution < 1.29 is 67.3 Å². The lowest BCUT2D eigenvalue weighted by molar-refractivity contribution is -0.302. The van der Waals surface area contributed by atoms with Crippen LogP contribution in [0.1, 0.15) is 124 Å². The summed E-state index contributed by atoms with van der Waals surface area (Å²) in [7, 11) is 4.74. The van der Waals surface area contributed by atoms with Crippen molar-refractivity contribution in [3.8, 4) is 5.75 Å². The summed E-state index contributed by atoms with van der Waals surface area (Å²) in [5, 5.41) is 24.0. The molecule has 2 bridgehead atoms. The SMILES string of the molecule is CCC1/C=C(\C)CC(C)CC(OC)C2OC(O)(C(=O)C(=O)N3CCCCC3C(=O)OC(C(C)=CC3CCC(Oc4cccc(C5OCCO5)c4)C(OC)C3)C(C)C(O)CC1=O)C(C)CC2OC. The molecule has 1 aromatic carbocycles. The molecule has 1 saturated carbocycles. The van der Waals surface area contributed by atoms with Crippen LogP contribution in [0.25, 0.3) is 0 Å². The lowest BCUT2D eigenvalue weighted by atomic mass is 9.81. The summed E-state index contributed by atoms with van der Waals surface area (Å²) in [6.45, 7) is 12.4. The van der Waals surface area contributed by atoms with Crippen LogP contribution < -0.4 is 4.74 Å². The van der Waals surface area contributed by atoms with Gasteiger partial charge in [0, 0.05) is 57.6 Å². The quantitative estimate of drug-likeness (QED) is 0.153. The number of esters is 1. The molecular weight excluding hydrogens is 863 g/mol. The highest BCUT2D eigenvalue weighted by atomic mass is 16.7. The van der Waals surface area contributed by atoms with Gasteiger partial charge in [0.1, 0.15) is 35.9 Å². The first-order valence-corrected chi connectivity index (χ1v) is 24.6. The zero-order valence-corrected chi connectivity index (χ0v) is 41.2. The van der Waals surface area contributed by atoms with E-state index in [1.807, 2.05) is 51.1 Å². The van der Waals surface area contributed by atoms with E-state index in [0.29, 0.717) is 69.5 Å². The molecule has 15 nitrogen and oxygen atoms in total. The lowest BCUT2D eigenvalue weighted by Gasteiger charge is -2.47. The van der Waals surface area contributed by atoms with E-state index in [1.165, 1.54) is 19.1 Å². The van der Waals surface area contributed by atoms with Gasteiger partial charge < -0.3 is 53.0 Å². The number of ether oxygens (including phenoxy) is 8. The molecule has 4 heterocycles. The standard InChI is InChI=1S/C52H77NO14/c1-10-36-23-30(2)22-31(3)24-44(61-8)47-45(62-9)26-33(5)52(59,67-47)48(56)49(57)53-19-12-11-16-39(53)50(58)66-46(34(6)40(54)29-41(36)55)32(4)25-35-17-18-42(43(27-35)60-7)65-38-15-13-14-37(28-38)51-63-20-21-64-51/h13-15,23,25,28,31,33-36,39-40,42-47,51,54,59H,10-12,16-22,24,26-27,29H2,1-9H3/b30-23+,32-25?. The second-order valence-electron chi connectivity index (χ2n) is 19.9. The Labute approximate surface area is 397 Å². The molecule has 0 radical (unpaired) electrons. The van der Waals surface area contributed by atoms with Gasteiger partial charge in [-0.2, -0.15) is 0 Å². The van der Waals surface area contributed by atoms with Gasteiger partial charge in [-0.15, -0.1) is 0 Å². The number of hydrogen-bond donors (Lipinski definition) is 2. The van der Waals surface area contributed by atoms with Crippen LogP contribution in [-0.4, -0.2) is 134 Å². The van der Waals surface area contributed by atoms with Crippen LogP contribution in [0.3, 0.4) is 0 Å². The Morgan fingerprint density at radius 1 is 0.896 bits per heavy atom. The molecule has 4 fully saturated rings. The third-order valence-corrected chi connectivity index (χ3v) is 14.9. The van der Waals surface area contributed by atoms with Crippen molar-refractivity contribution in [2.45, 2.75) is 173 Å². The number of carbonyl (C=O) groups is 4. The van der Waals surface area contributed by atoms with Gasteiger partial charge in [-0.25, -0.2) is 4.79 Å². The van der Waals surface area contributed by atoms with E-state index in [-0.39, 0.29) is 55.6 Å². The van der Waals surface area contributed by atoms with E-state index in [9.17, 15) is 29.4 Å². The second-order valence-corrected chi connectivity index (χ2v) is 19.9. The second kappa shape index (κ2) is 23.9. The number of aliphatic hydroxyl groups is 2. The number of allylic oxidation sites excluding steroid dienone is 3. The van der Waals surface area contributed by atoms with Crippen LogP contribution in [-0.2, 0) is 52.3 Å². The molecule has 4 aliphatic heterocycles. The molecule has 5 aliphatic rings. The van der Waals surface area contributed by atoms with E-state index in [2.05, 4.69) is 13.0 Å². The summed E-state index contributed by atoms with van der Waals surface area (Å²) in [4.78, 5) is 58.5. The Morgan fingerprint density at radius 3 is 2.28 bits per heavy atom. The molecule has 15 heteroatoms. The highest BCUT2D eigenvalue weighted by Crippen LogP contribution is 2.40. The van der Waals surface area contributed by atoms with Gasteiger partial charge in [0.15, 0.2) is 6.29 Å². The van der Waals surface area contributed by atoms with Crippen molar-refractivity contribution in [2.24, 2.45) is 29.6 Å². The first kappa shape index (κ1) is 52.8. The van der Waals surface area contributed by atoms with Crippen LogP contribution in [0.15, 0.2) is 47.6 Å². The van der Waals surface area contributed by atoms with Crippen molar-refractivity contribution in [1.29, 1.82) is 0 Å². The predicted octanol–water partition coefficient (Wildman–Crippen LogP) is 6.61. The normalized spacial score (nSPS) is 38.1. The number of benzene rings is 1. The minimum atomic E-state index is -2.51. The number of rotatable bonds is 9. The fourth-order valence-corrected chi connectivity index (χ4v) is 11.0. The number of aliphatic hydroxyl groups excluding tert-OH is 1. The molecule has 14 unspecified atom stereocenters. The van der Waals surface area contributed by atoms with Gasteiger partial charge in [-0.3, -0.25) is 14.4 Å². The van der Waals surface area contributed by atoms with Crippen LogP contribution in [0.4, 0.5) is 0 Å². The number of ketones is 2. The third kappa shape index (κ3) is 12.6. The Kier molecular flexibility index (Phi) is 18.8. The molecule has 374 valence electrons. The van der Waals surface area contributed by atoms with Gasteiger partial charge in [-0.05, 0) is 108 Å². The Hall–Kier alpha value is -3.54. The summed E-state index contributed by atoms with van der Waals surface area (Å²) in [5.74, 6) is -6.87. The molecule has 1 aromatic rings. The molecule has 0 spiro atoms. The average molecular weight is 940 g/mol. The fraction of sp³-hybridized carbons (Fsp3) is 0.731. The smallest absolute Gasteiger partial charge is 0.329 e. The summed E-state index contributed by atoms with van der Waals surface area (Å²) in [5.41, 5.74) is 2.56. The summed E-state index contributed by atoms with van der Waals surface area (Å²) in [6, 6.07) is 6.56. The third-order valence-electron chi connectivity index (χ3n) is 14.9. The minimum Gasteiger partial charge on any atom is -0.488 e. The average Bonchev–Trinajstić information content (AvgIpc) is 3.87. The predicted molar refractivity (Wildman–Crippen MR) is 248 cm³/mol. The maximum atomic E-state index is 14.6. The molecular formula is C52H77NO14. The van der Waals surface area contributed by atoms with E-state index in [4.69, 9.17) is 37.9 Å². The summed E-state index contributed by atoms with van der Waals surface area (Å²) in [6.07, 6.45) is 3.96. The highest BCUT2D eigenvalue weighted by molar-refractivity contribution is 6.39. The fourth-order valence-electron chi connectivity index (χ4n) is 11.0. The minimum absolute atomic E-state index is 0.00550. The lowest BCUT2D eigenvalue weighted by Crippen LogP contribution is -2.64. The van der Waals surface area contributed by atoms with E-state index >= 15 is 0 Å². The van der Waals surface area contributed by atoms with Crippen LogP contribution >= 0.6 is 0 Å². The van der Waals surface area contributed by atoms with Crippen molar-refractivity contribution in [2.75, 3.05) is 41.1 Å². The number of hydrogen-bond acceptors (Lipinski definition) is 14. The summed E-state index contributed by atoms with van der Waals surface area (Å²) < 4.78 is 48.4. The van der Waals surface area contributed by atoms with Crippen molar-refractivity contribution in [3.05, 3.63) is 53.1 Å². The maximum absolute atomic E-state index is 14.6. The van der Waals surface area contributed by atoms with Crippen LogP contribution in [0.2, 0.25) is 0 Å². The number of amides is 1. The molecule has 3 saturated heterocycles. The van der Waals surface area contributed by atoms with Gasteiger partial charge in [-0.1, -0.05) is 57.6 Å². The molecule has 6 rings (SSSR count). The van der Waals surface area contributed by atoms with E-state index in [0.717, 1.165) is 17.6 Å². The number of carbonyl (C=O) groups excluding carboxylic acids is 4. The Bertz CT molecular complexity index is 1910. The Balaban J connectivity index is 1.29. The Morgan fingerprint density at radius 2 is 1.60 bits per heavy atom. The zero-order valence-electron chi connectivity index (χ0n) is 41.2. The zero-order chi connectivity index (χ0) is 48.6. The molecule has 1 amide bonds. The number of Topliss-reactive ketones (excluding diaryl/α,β-unsaturated/α-hetero) is 2. The van der Waals surface area contributed by atoms with Crippen molar-refractivity contribution in [3.63, 3.8) is 0 Å². The largest absolute Gasteiger partial charge is 0.488 e. The van der Waals surface area contributed by atoms with Crippen LogP contribution in [0, 0.1) is 29.6 Å². The molecule has 0 aromatic heterocycles. The van der Waals surface area contributed by atoms with E-state index < -0.39 is 84.1 Å². The molecule has 1 aliphatic carbocycles. The summed E-state index contributed by atoms with van der Waals surface area (Å²) >= 11 is 0. The first-order valence-electron chi connectivity index (χ1n) is 24.6. The van der Waals surface area contributed by atoms with Gasteiger partial charge in [0.05, 0.1) is 37.6 Å². The number of methoxy groups -OCH3 is 3. The number of cyclic esters (lactones) is 1. The molecule has 67 heavy (non-hydrogen) atoms. The number of piperidine rings is 1. The van der Waals surface area contributed by atoms with Gasteiger partial charge in [0.25, 0.3) is 11.7 Å². The van der Waals surface area contributed by atoms with Gasteiger partial charge in [0.2, 0.25) is 5.79 Å².